The molecular weight excluding hydrogens is 416 g/mol. The summed E-state index contributed by atoms with van der Waals surface area (Å²) in [4.78, 5) is 40.9. The van der Waals surface area contributed by atoms with Crippen LogP contribution in [0.4, 0.5) is 11.5 Å². The summed E-state index contributed by atoms with van der Waals surface area (Å²) in [5.41, 5.74) is 2.76. The zero-order valence-electron chi connectivity index (χ0n) is 17.8. The second kappa shape index (κ2) is 7.49. The van der Waals surface area contributed by atoms with E-state index in [0.29, 0.717) is 22.6 Å². The quantitative estimate of drug-likeness (QED) is 0.208. The number of aliphatic hydroxyl groups excluding tert-OH is 1. The number of hydrogen-bond donors (Lipinski definition) is 2. The summed E-state index contributed by atoms with van der Waals surface area (Å²) in [7, 11) is 0. The highest BCUT2D eigenvalue weighted by Crippen LogP contribution is 2.43. The first-order valence-corrected chi connectivity index (χ1v) is 9.76. The number of H-pyrrole nitrogens is 1. The van der Waals surface area contributed by atoms with Crippen molar-refractivity contribution in [2.45, 2.75) is 33.7 Å². The van der Waals surface area contributed by atoms with Crippen molar-refractivity contribution in [3.05, 3.63) is 79.9 Å². The van der Waals surface area contributed by atoms with E-state index >= 15 is 0 Å². The molecule has 1 amide bonds. The first kappa shape index (κ1) is 21.0. The van der Waals surface area contributed by atoms with Gasteiger partial charge in [-0.2, -0.15) is 0 Å². The van der Waals surface area contributed by atoms with E-state index in [9.17, 15) is 24.8 Å². The lowest BCUT2D eigenvalue weighted by atomic mass is 9.94. The summed E-state index contributed by atoms with van der Waals surface area (Å²) in [5, 5.41) is 26.2. The number of rotatable bonds is 4. The fourth-order valence-corrected chi connectivity index (χ4v) is 4.03. The highest BCUT2D eigenvalue weighted by atomic mass is 16.6. The average molecular weight is 436 g/mol. The molecule has 1 aromatic carbocycles. The van der Waals surface area contributed by atoms with Crippen LogP contribution in [0.1, 0.15) is 39.9 Å². The average Bonchev–Trinajstić information content (AvgIpc) is 3.36. The fourth-order valence-electron chi connectivity index (χ4n) is 4.03. The lowest BCUT2D eigenvalue weighted by Gasteiger charge is -2.22. The molecule has 1 saturated heterocycles. The second-order valence-electron chi connectivity index (χ2n) is 7.69. The molecule has 0 spiro atoms. The van der Waals surface area contributed by atoms with Gasteiger partial charge in [-0.15, -0.1) is 0 Å². The molecule has 3 heterocycles. The summed E-state index contributed by atoms with van der Waals surface area (Å²) >= 11 is 0. The van der Waals surface area contributed by atoms with Crippen LogP contribution in [0.25, 0.3) is 5.76 Å². The number of amides is 1. The van der Waals surface area contributed by atoms with E-state index in [1.165, 1.54) is 30.3 Å². The highest BCUT2D eigenvalue weighted by molar-refractivity contribution is 6.51. The number of aryl methyl sites for hydroxylation is 3. The van der Waals surface area contributed by atoms with Crippen LogP contribution < -0.4 is 4.90 Å². The summed E-state index contributed by atoms with van der Waals surface area (Å²) in [5.74, 6) is -1.56. The Labute approximate surface area is 182 Å². The Balaban J connectivity index is 1.97. The SMILES string of the molecule is Cc1cc(N2C(=O)C(=O)/C(=C(/O)c3c(C)[nH]c(C)c3C)C2c2ccc([N+](=O)[O-])cc2)no1. The summed E-state index contributed by atoms with van der Waals surface area (Å²) in [6.07, 6.45) is 0. The number of ketones is 1. The third kappa shape index (κ3) is 3.16. The molecule has 1 aliphatic heterocycles. The number of nitrogens with one attached hydrogen (secondary N) is 1. The van der Waals surface area contributed by atoms with Crippen molar-refractivity contribution in [3.63, 3.8) is 0 Å². The van der Waals surface area contributed by atoms with Gasteiger partial charge in [-0.1, -0.05) is 5.16 Å². The van der Waals surface area contributed by atoms with Crippen LogP contribution in [-0.4, -0.2) is 31.9 Å². The van der Waals surface area contributed by atoms with Gasteiger partial charge < -0.3 is 14.6 Å². The van der Waals surface area contributed by atoms with Crippen LogP contribution in [0, 0.1) is 37.8 Å². The molecule has 2 N–H and O–H groups in total. The van der Waals surface area contributed by atoms with Gasteiger partial charge in [-0.05, 0) is 51.0 Å². The molecule has 10 nitrogen and oxygen atoms in total. The first-order chi connectivity index (χ1) is 15.1. The van der Waals surface area contributed by atoms with Crippen LogP contribution in [0.3, 0.4) is 0 Å². The number of Topliss-reactive ketones (excluding diaryl/α,β-unsaturated/α-hetero) is 1. The number of hydrogen-bond acceptors (Lipinski definition) is 7. The molecule has 1 atom stereocenters. The van der Waals surface area contributed by atoms with Crippen LogP contribution in [-0.2, 0) is 9.59 Å². The van der Waals surface area contributed by atoms with Gasteiger partial charge in [0.1, 0.15) is 11.5 Å². The molecule has 0 aliphatic carbocycles. The zero-order valence-corrected chi connectivity index (χ0v) is 17.8. The van der Waals surface area contributed by atoms with Gasteiger partial charge in [0.25, 0.3) is 11.5 Å². The number of carbonyl (C=O) groups excluding carboxylic acids is 2. The van der Waals surface area contributed by atoms with E-state index in [0.717, 1.165) is 16.2 Å². The molecular formula is C22H20N4O6. The van der Waals surface area contributed by atoms with Crippen molar-refractivity contribution >= 4 is 29.0 Å². The summed E-state index contributed by atoms with van der Waals surface area (Å²) < 4.78 is 5.09. The number of nitro groups is 1. The van der Waals surface area contributed by atoms with Gasteiger partial charge in [0.05, 0.1) is 16.5 Å². The Bertz CT molecular complexity index is 1300. The maximum atomic E-state index is 13.1. The zero-order chi connectivity index (χ0) is 23.3. The smallest absolute Gasteiger partial charge is 0.301 e. The van der Waals surface area contributed by atoms with Crippen LogP contribution >= 0.6 is 0 Å². The molecule has 0 radical (unpaired) electrons. The minimum absolute atomic E-state index is 0.102. The predicted molar refractivity (Wildman–Crippen MR) is 114 cm³/mol. The van der Waals surface area contributed by atoms with E-state index in [2.05, 4.69) is 10.1 Å². The number of benzene rings is 1. The van der Waals surface area contributed by atoms with Gasteiger partial charge in [0.15, 0.2) is 5.82 Å². The van der Waals surface area contributed by atoms with Gasteiger partial charge in [-0.3, -0.25) is 24.6 Å². The second-order valence-corrected chi connectivity index (χ2v) is 7.69. The van der Waals surface area contributed by atoms with Crippen LogP contribution in [0.15, 0.2) is 40.4 Å². The van der Waals surface area contributed by atoms with E-state index in [4.69, 9.17) is 4.52 Å². The van der Waals surface area contributed by atoms with Gasteiger partial charge in [-0.25, -0.2) is 0 Å². The van der Waals surface area contributed by atoms with E-state index in [1.54, 1.807) is 20.8 Å². The Morgan fingerprint density at radius 1 is 1.16 bits per heavy atom. The number of nitrogens with zero attached hydrogens (tertiary/aromatic N) is 3. The minimum atomic E-state index is -1.05. The molecule has 1 fully saturated rings. The molecule has 10 heteroatoms. The highest BCUT2D eigenvalue weighted by Gasteiger charge is 2.48. The lowest BCUT2D eigenvalue weighted by molar-refractivity contribution is -0.384. The van der Waals surface area contributed by atoms with Crippen molar-refractivity contribution in [3.8, 4) is 0 Å². The Morgan fingerprint density at radius 3 is 2.31 bits per heavy atom. The Kier molecular flexibility index (Phi) is 4.92. The number of anilines is 1. The monoisotopic (exact) mass is 436 g/mol. The van der Waals surface area contributed by atoms with Crippen molar-refractivity contribution in [1.29, 1.82) is 0 Å². The Morgan fingerprint density at radius 2 is 1.81 bits per heavy atom. The van der Waals surface area contributed by atoms with E-state index < -0.39 is 22.7 Å². The molecule has 2 aromatic heterocycles. The molecule has 0 bridgehead atoms. The van der Waals surface area contributed by atoms with Gasteiger partial charge in [0.2, 0.25) is 0 Å². The first-order valence-electron chi connectivity index (χ1n) is 9.76. The molecule has 32 heavy (non-hydrogen) atoms. The standard InChI is InChI=1S/C22H20N4O6/c1-10-9-16(24-32-10)25-19(14-5-7-15(8-6-14)26(30)31)18(21(28)22(25)29)20(27)17-11(2)12(3)23-13(17)4/h5-9,19,23,27H,1-4H3/b20-18+. The number of nitro benzene ring substituents is 1. The van der Waals surface area contributed by atoms with Gasteiger partial charge in [0, 0.05) is 35.2 Å². The predicted octanol–water partition coefficient (Wildman–Crippen LogP) is 3.77. The van der Waals surface area contributed by atoms with E-state index in [-0.39, 0.29) is 22.8 Å². The van der Waals surface area contributed by atoms with Crippen LogP contribution in [0.2, 0.25) is 0 Å². The topological polar surface area (TPSA) is 143 Å². The maximum Gasteiger partial charge on any atom is 0.301 e. The number of aromatic amines is 1. The van der Waals surface area contributed by atoms with Crippen molar-refractivity contribution in [2.75, 3.05) is 4.90 Å². The lowest BCUT2D eigenvalue weighted by Crippen LogP contribution is -2.29. The van der Waals surface area contributed by atoms with Crippen LogP contribution in [0.5, 0.6) is 0 Å². The number of aliphatic hydroxyl groups is 1. The largest absolute Gasteiger partial charge is 0.507 e. The third-order valence-electron chi connectivity index (χ3n) is 5.65. The normalized spacial score (nSPS) is 17.9. The third-order valence-corrected chi connectivity index (χ3v) is 5.65. The molecule has 1 unspecified atom stereocenters. The number of carbonyl (C=O) groups is 2. The number of aromatic nitrogens is 2. The van der Waals surface area contributed by atoms with Gasteiger partial charge >= 0.3 is 5.91 Å². The maximum absolute atomic E-state index is 13.1. The fraction of sp³-hybridized carbons (Fsp3) is 0.227. The van der Waals surface area contributed by atoms with Crippen molar-refractivity contribution in [2.24, 2.45) is 0 Å². The minimum Gasteiger partial charge on any atom is -0.507 e. The van der Waals surface area contributed by atoms with Crippen molar-refractivity contribution in [1.82, 2.24) is 10.1 Å². The molecule has 1 aliphatic rings. The van der Waals surface area contributed by atoms with Crippen molar-refractivity contribution < 1.29 is 24.1 Å². The number of non-ortho nitro benzene ring substituents is 1. The molecule has 3 aromatic rings. The molecule has 4 rings (SSSR count). The van der Waals surface area contributed by atoms with E-state index in [1.807, 2.05) is 6.92 Å². The summed E-state index contributed by atoms with van der Waals surface area (Å²) in [6.45, 7) is 7.03. The summed E-state index contributed by atoms with van der Waals surface area (Å²) in [6, 6.07) is 5.91. The molecule has 164 valence electrons. The molecule has 0 saturated carbocycles. The Hall–Kier alpha value is -4.21.